The first-order chi connectivity index (χ1) is 8.61. The fourth-order valence-corrected chi connectivity index (χ4v) is 2.09. The molecule has 0 aliphatic rings. The maximum absolute atomic E-state index is 13.2. The fourth-order valence-electron chi connectivity index (χ4n) is 1.89. The van der Waals surface area contributed by atoms with Gasteiger partial charge in [0.2, 0.25) is 0 Å². The number of nitrogens with two attached hydrogens (primary N) is 1. The maximum Gasteiger partial charge on any atom is 0.123 e. The molecule has 1 atom stereocenters. The van der Waals surface area contributed by atoms with Crippen LogP contribution < -0.4 is 11.3 Å². The lowest BCUT2D eigenvalue weighted by molar-refractivity contribution is 0.507. The lowest BCUT2D eigenvalue weighted by Crippen LogP contribution is -2.31. The summed E-state index contributed by atoms with van der Waals surface area (Å²) < 4.78 is 14.9. The largest absolute Gasteiger partial charge is 0.271 e. The minimum Gasteiger partial charge on any atom is -0.271 e. The molecule has 0 aliphatic heterocycles. The average molecular weight is 269 g/mol. The molecule has 96 valence electrons. The SMILES string of the molecule is Cn1nccc1C(Cc1cc(F)ccc1Cl)NN. The Bertz CT molecular complexity index is 541. The van der Waals surface area contributed by atoms with Crippen LogP contribution in [0.4, 0.5) is 4.39 Å². The summed E-state index contributed by atoms with van der Waals surface area (Å²) in [6.45, 7) is 0. The Morgan fingerprint density at radius 3 is 2.89 bits per heavy atom. The van der Waals surface area contributed by atoms with E-state index in [-0.39, 0.29) is 11.9 Å². The van der Waals surface area contributed by atoms with Crippen molar-refractivity contribution in [3.05, 3.63) is 52.6 Å². The molecule has 2 aromatic rings. The summed E-state index contributed by atoms with van der Waals surface area (Å²) in [5.41, 5.74) is 4.32. The molecule has 0 aliphatic carbocycles. The minimum absolute atomic E-state index is 0.170. The van der Waals surface area contributed by atoms with Crippen molar-refractivity contribution in [1.29, 1.82) is 0 Å². The molecule has 0 bridgehead atoms. The normalized spacial score (nSPS) is 12.7. The van der Waals surface area contributed by atoms with Crippen molar-refractivity contribution in [3.8, 4) is 0 Å². The van der Waals surface area contributed by atoms with Gasteiger partial charge in [-0.15, -0.1) is 0 Å². The molecule has 0 amide bonds. The molecular weight excluding hydrogens is 255 g/mol. The van der Waals surface area contributed by atoms with Crippen LogP contribution in [0.3, 0.4) is 0 Å². The van der Waals surface area contributed by atoms with Crippen molar-refractivity contribution in [2.75, 3.05) is 0 Å². The molecule has 1 aromatic heterocycles. The zero-order valence-electron chi connectivity index (χ0n) is 9.90. The molecule has 3 N–H and O–H groups in total. The summed E-state index contributed by atoms with van der Waals surface area (Å²) in [5.74, 6) is 5.23. The summed E-state index contributed by atoms with van der Waals surface area (Å²) in [6.07, 6.45) is 2.18. The number of rotatable bonds is 4. The summed E-state index contributed by atoms with van der Waals surface area (Å²) in [5, 5.41) is 4.61. The highest BCUT2D eigenvalue weighted by molar-refractivity contribution is 6.31. The standard InChI is InChI=1S/C12H14ClFN4/c1-18-12(4-5-16-18)11(17-15)7-8-6-9(14)2-3-10(8)13/h2-6,11,17H,7,15H2,1H3. The topological polar surface area (TPSA) is 55.9 Å². The van der Waals surface area contributed by atoms with Gasteiger partial charge < -0.3 is 0 Å². The number of aromatic nitrogens is 2. The van der Waals surface area contributed by atoms with Crippen LogP contribution in [0.5, 0.6) is 0 Å². The first-order valence-corrected chi connectivity index (χ1v) is 5.87. The van der Waals surface area contributed by atoms with Gasteiger partial charge in [-0.1, -0.05) is 11.6 Å². The summed E-state index contributed by atoms with van der Waals surface area (Å²) in [6, 6.07) is 5.99. The van der Waals surface area contributed by atoms with E-state index in [1.54, 1.807) is 16.9 Å². The zero-order valence-corrected chi connectivity index (χ0v) is 10.7. The van der Waals surface area contributed by atoms with Crippen LogP contribution in [-0.4, -0.2) is 9.78 Å². The lowest BCUT2D eigenvalue weighted by Gasteiger charge is -2.17. The molecule has 2 rings (SSSR count). The van der Waals surface area contributed by atoms with E-state index >= 15 is 0 Å². The number of hydrazine groups is 1. The van der Waals surface area contributed by atoms with Crippen LogP contribution in [0.15, 0.2) is 30.5 Å². The van der Waals surface area contributed by atoms with Gasteiger partial charge in [0.15, 0.2) is 0 Å². The van der Waals surface area contributed by atoms with Crippen LogP contribution in [-0.2, 0) is 13.5 Å². The second kappa shape index (κ2) is 5.48. The first-order valence-electron chi connectivity index (χ1n) is 5.49. The van der Waals surface area contributed by atoms with E-state index in [0.717, 1.165) is 5.69 Å². The molecular formula is C12H14ClFN4. The quantitative estimate of drug-likeness (QED) is 0.658. The third kappa shape index (κ3) is 2.69. The molecule has 1 aromatic carbocycles. The van der Waals surface area contributed by atoms with Crippen LogP contribution >= 0.6 is 11.6 Å². The fraction of sp³-hybridized carbons (Fsp3) is 0.250. The molecule has 4 nitrogen and oxygen atoms in total. The number of aryl methyl sites for hydroxylation is 1. The smallest absolute Gasteiger partial charge is 0.123 e. The van der Waals surface area contributed by atoms with Crippen molar-refractivity contribution in [3.63, 3.8) is 0 Å². The highest BCUT2D eigenvalue weighted by Gasteiger charge is 2.16. The van der Waals surface area contributed by atoms with Gasteiger partial charge in [-0.25, -0.2) is 4.39 Å². The Balaban J connectivity index is 2.26. The molecule has 18 heavy (non-hydrogen) atoms. The van der Waals surface area contributed by atoms with Crippen LogP contribution in [0.2, 0.25) is 5.02 Å². The molecule has 1 heterocycles. The molecule has 1 unspecified atom stereocenters. The second-order valence-corrected chi connectivity index (χ2v) is 4.45. The average Bonchev–Trinajstić information content (AvgIpc) is 2.77. The Morgan fingerprint density at radius 2 is 2.28 bits per heavy atom. The number of hydrogen-bond donors (Lipinski definition) is 2. The maximum atomic E-state index is 13.2. The second-order valence-electron chi connectivity index (χ2n) is 4.04. The van der Waals surface area contributed by atoms with Gasteiger partial charge in [-0.3, -0.25) is 16.0 Å². The van der Waals surface area contributed by atoms with Crippen molar-refractivity contribution in [2.45, 2.75) is 12.5 Å². The van der Waals surface area contributed by atoms with Crippen molar-refractivity contribution >= 4 is 11.6 Å². The molecule has 0 saturated heterocycles. The Kier molecular flexibility index (Phi) is 3.96. The predicted octanol–water partition coefficient (Wildman–Crippen LogP) is 1.96. The molecule has 0 radical (unpaired) electrons. The van der Waals surface area contributed by atoms with Crippen molar-refractivity contribution < 1.29 is 4.39 Å². The predicted molar refractivity (Wildman–Crippen MR) is 68.4 cm³/mol. The minimum atomic E-state index is -0.310. The van der Waals surface area contributed by atoms with Crippen LogP contribution in [0.25, 0.3) is 0 Å². The van der Waals surface area contributed by atoms with Crippen molar-refractivity contribution in [1.82, 2.24) is 15.2 Å². The number of nitrogens with one attached hydrogen (secondary N) is 1. The van der Waals surface area contributed by atoms with Gasteiger partial charge in [-0.05, 0) is 36.2 Å². The molecule has 0 saturated carbocycles. The molecule has 0 spiro atoms. The van der Waals surface area contributed by atoms with Crippen LogP contribution in [0.1, 0.15) is 17.3 Å². The van der Waals surface area contributed by atoms with E-state index in [0.29, 0.717) is 17.0 Å². The third-order valence-electron chi connectivity index (χ3n) is 2.85. The Hall–Kier alpha value is -1.43. The number of benzene rings is 1. The van der Waals surface area contributed by atoms with E-state index < -0.39 is 0 Å². The van der Waals surface area contributed by atoms with Gasteiger partial charge in [-0.2, -0.15) is 5.10 Å². The first kappa shape index (κ1) is 13.0. The Labute approximate surface area is 110 Å². The van der Waals surface area contributed by atoms with E-state index in [4.69, 9.17) is 17.4 Å². The number of hydrogen-bond acceptors (Lipinski definition) is 3. The third-order valence-corrected chi connectivity index (χ3v) is 3.22. The summed E-state index contributed by atoms with van der Waals surface area (Å²) >= 11 is 6.04. The molecule has 6 heteroatoms. The van der Waals surface area contributed by atoms with Crippen molar-refractivity contribution in [2.24, 2.45) is 12.9 Å². The van der Waals surface area contributed by atoms with E-state index in [2.05, 4.69) is 10.5 Å². The zero-order chi connectivity index (χ0) is 13.1. The number of nitrogens with zero attached hydrogens (tertiary/aromatic N) is 2. The Morgan fingerprint density at radius 1 is 1.50 bits per heavy atom. The van der Waals surface area contributed by atoms with E-state index in [9.17, 15) is 4.39 Å². The van der Waals surface area contributed by atoms with E-state index in [1.165, 1.54) is 12.1 Å². The lowest BCUT2D eigenvalue weighted by atomic mass is 10.0. The monoisotopic (exact) mass is 268 g/mol. The van der Waals surface area contributed by atoms with Crippen LogP contribution in [0, 0.1) is 5.82 Å². The number of halogens is 2. The highest BCUT2D eigenvalue weighted by Crippen LogP contribution is 2.23. The van der Waals surface area contributed by atoms with E-state index in [1.807, 2.05) is 13.1 Å². The summed E-state index contributed by atoms with van der Waals surface area (Å²) in [7, 11) is 1.83. The van der Waals surface area contributed by atoms with Gasteiger partial charge in [0.05, 0.1) is 11.7 Å². The summed E-state index contributed by atoms with van der Waals surface area (Å²) in [4.78, 5) is 0. The van der Waals surface area contributed by atoms with Gasteiger partial charge >= 0.3 is 0 Å². The van der Waals surface area contributed by atoms with Gasteiger partial charge in [0, 0.05) is 18.3 Å². The molecule has 0 fully saturated rings. The van der Waals surface area contributed by atoms with Gasteiger partial charge in [0.1, 0.15) is 5.82 Å². The highest BCUT2D eigenvalue weighted by atomic mass is 35.5. The van der Waals surface area contributed by atoms with Gasteiger partial charge in [0.25, 0.3) is 0 Å².